The number of carbonyl (C=O) groups excluding carboxylic acids is 1. The Morgan fingerprint density at radius 3 is 2.15 bits per heavy atom. The molecule has 3 aromatic rings. The van der Waals surface area contributed by atoms with E-state index in [9.17, 15) is 4.79 Å². The predicted molar refractivity (Wildman–Crippen MR) is 153 cm³/mol. The highest BCUT2D eigenvalue weighted by atomic mass is 35.5. The zero-order valence-corrected chi connectivity index (χ0v) is 23.6. The summed E-state index contributed by atoms with van der Waals surface area (Å²) in [5, 5.41) is 12.4. The minimum Gasteiger partial charge on any atom is -0.497 e. The molecule has 0 aliphatic heterocycles. The molecule has 4 saturated carbocycles. The van der Waals surface area contributed by atoms with Crippen LogP contribution >= 0.6 is 11.6 Å². The average Bonchev–Trinajstić information content (AvgIpc) is 3.29. The third-order valence-electron chi connectivity index (χ3n) is 9.05. The van der Waals surface area contributed by atoms with Crippen molar-refractivity contribution in [3.05, 3.63) is 58.7 Å². The van der Waals surface area contributed by atoms with Crippen LogP contribution in [0.15, 0.2) is 42.5 Å². The van der Waals surface area contributed by atoms with Gasteiger partial charge in [0.05, 0.1) is 25.6 Å². The van der Waals surface area contributed by atoms with Crippen molar-refractivity contribution < 1.29 is 14.3 Å². The van der Waals surface area contributed by atoms with Gasteiger partial charge in [0, 0.05) is 53.5 Å². The minimum absolute atomic E-state index is 0.178. The van der Waals surface area contributed by atoms with E-state index in [0.717, 1.165) is 52.7 Å². The molecule has 0 unspecified atom stereocenters. The lowest BCUT2D eigenvalue weighted by molar-refractivity contribution is -0.0133. The van der Waals surface area contributed by atoms with E-state index in [1.54, 1.807) is 18.9 Å². The van der Waals surface area contributed by atoms with Crippen molar-refractivity contribution in [2.24, 2.45) is 23.7 Å². The Bertz CT molecular complexity index is 1300. The fraction of sp³-hybridized carbons (Fsp3) is 0.484. The van der Waals surface area contributed by atoms with E-state index in [0.29, 0.717) is 34.8 Å². The molecular weight excluding hydrogens is 512 g/mol. The predicted octanol–water partition coefficient (Wildman–Crippen LogP) is 5.66. The number of amides is 1. The number of carbonyl (C=O) groups is 1. The van der Waals surface area contributed by atoms with Gasteiger partial charge in [0.1, 0.15) is 11.5 Å². The summed E-state index contributed by atoms with van der Waals surface area (Å²) in [5.41, 5.74) is 3.66. The Balaban J connectivity index is 1.21. The van der Waals surface area contributed by atoms with Crippen LogP contribution in [0.5, 0.6) is 11.5 Å². The summed E-state index contributed by atoms with van der Waals surface area (Å²) in [6.07, 6.45) is 7.00. The van der Waals surface area contributed by atoms with Gasteiger partial charge in [0.2, 0.25) is 0 Å². The molecule has 7 rings (SSSR count). The number of hydrogen-bond donors (Lipinski definition) is 2. The molecule has 0 saturated heterocycles. The highest BCUT2D eigenvalue weighted by molar-refractivity contribution is 6.30. The second kappa shape index (κ2) is 10.9. The first-order valence-corrected chi connectivity index (χ1v) is 14.4. The van der Waals surface area contributed by atoms with Gasteiger partial charge in [-0.15, -0.1) is 0 Å². The zero-order valence-electron chi connectivity index (χ0n) is 22.9. The highest BCUT2D eigenvalue weighted by Gasteiger charge is 2.47. The van der Waals surface area contributed by atoms with Crippen LogP contribution in [0.3, 0.4) is 0 Å². The van der Waals surface area contributed by atoms with E-state index in [-0.39, 0.29) is 5.91 Å². The van der Waals surface area contributed by atoms with Crippen molar-refractivity contribution in [1.29, 1.82) is 0 Å². The Morgan fingerprint density at radius 1 is 0.949 bits per heavy atom. The van der Waals surface area contributed by atoms with Crippen LogP contribution in [0.1, 0.15) is 48.2 Å². The lowest BCUT2D eigenvalue weighted by Gasteiger charge is -2.54. The van der Waals surface area contributed by atoms with Gasteiger partial charge in [-0.05, 0) is 74.8 Å². The highest BCUT2D eigenvalue weighted by Crippen LogP contribution is 2.53. The molecule has 4 aliphatic carbocycles. The topological polar surface area (TPSA) is 77.4 Å². The maximum Gasteiger partial charge on any atom is 0.272 e. The van der Waals surface area contributed by atoms with Gasteiger partial charge in [0.15, 0.2) is 5.69 Å². The first-order valence-electron chi connectivity index (χ1n) is 14.0. The number of hydrogen-bond acceptors (Lipinski definition) is 5. The van der Waals surface area contributed by atoms with Crippen molar-refractivity contribution in [1.82, 2.24) is 20.4 Å². The first-order chi connectivity index (χ1) is 18.9. The zero-order chi connectivity index (χ0) is 27.1. The Labute approximate surface area is 235 Å². The number of aromatic nitrogens is 2. The number of nitrogens with zero attached hydrogens (tertiary/aromatic N) is 2. The third-order valence-corrected chi connectivity index (χ3v) is 9.31. The number of nitrogens with one attached hydrogen (secondary N) is 2. The molecule has 2 aromatic carbocycles. The molecule has 0 atom stereocenters. The maximum atomic E-state index is 13.4. The average molecular weight is 549 g/mol. The molecule has 1 aromatic heterocycles. The molecular formula is C31H37ClN4O3. The van der Waals surface area contributed by atoms with Gasteiger partial charge in [-0.3, -0.25) is 4.79 Å². The van der Waals surface area contributed by atoms with Gasteiger partial charge >= 0.3 is 0 Å². The van der Waals surface area contributed by atoms with Gasteiger partial charge in [-0.1, -0.05) is 23.7 Å². The fourth-order valence-electron chi connectivity index (χ4n) is 7.52. The van der Waals surface area contributed by atoms with Crippen LogP contribution in [0.2, 0.25) is 5.02 Å². The van der Waals surface area contributed by atoms with Crippen molar-refractivity contribution in [3.63, 3.8) is 0 Å². The molecule has 4 bridgehead atoms. The summed E-state index contributed by atoms with van der Waals surface area (Å²) in [6, 6.07) is 13.7. The summed E-state index contributed by atoms with van der Waals surface area (Å²) in [4.78, 5) is 13.4. The van der Waals surface area contributed by atoms with Crippen molar-refractivity contribution in [2.45, 2.75) is 45.1 Å². The molecule has 2 N–H and O–H groups in total. The van der Waals surface area contributed by atoms with Gasteiger partial charge in [0.25, 0.3) is 5.91 Å². The largest absolute Gasteiger partial charge is 0.497 e. The lowest BCUT2D eigenvalue weighted by Crippen LogP contribution is -2.55. The maximum absolute atomic E-state index is 13.4. The Hall–Kier alpha value is -3.03. The van der Waals surface area contributed by atoms with Crippen molar-refractivity contribution in [2.75, 3.05) is 27.3 Å². The molecule has 1 heterocycles. The molecule has 7 nitrogen and oxygen atoms in total. The first kappa shape index (κ1) is 26.2. The number of benzene rings is 2. The molecule has 0 radical (unpaired) electrons. The van der Waals surface area contributed by atoms with Crippen LogP contribution in [-0.2, 0) is 0 Å². The standard InChI is InChI=1S/C31H37ClN4O3/c1-18-28(31(37)34-9-8-33-29-22-11-19-10-20(13-22)14-23(29)12-19)35-36(30(18)21-4-6-24(32)7-5-21)25-15-26(38-2)17-27(16-25)39-3/h4-7,15-17,19-20,22-23,29,33H,8-14H2,1-3H3,(H,34,37)/t19-,20+,22-,23+,29?. The van der Waals surface area contributed by atoms with E-state index in [4.69, 9.17) is 26.2 Å². The number of rotatable bonds is 9. The fourth-order valence-corrected chi connectivity index (χ4v) is 7.64. The van der Waals surface area contributed by atoms with E-state index in [1.807, 2.05) is 49.4 Å². The summed E-state index contributed by atoms with van der Waals surface area (Å²) in [6.45, 7) is 3.28. The Morgan fingerprint density at radius 2 is 1.56 bits per heavy atom. The quantitative estimate of drug-likeness (QED) is 0.337. The molecule has 206 valence electrons. The van der Waals surface area contributed by atoms with Gasteiger partial charge < -0.3 is 20.1 Å². The molecule has 39 heavy (non-hydrogen) atoms. The molecule has 1 amide bonds. The smallest absolute Gasteiger partial charge is 0.272 e. The van der Waals surface area contributed by atoms with Crippen LogP contribution in [0.4, 0.5) is 0 Å². The van der Waals surface area contributed by atoms with E-state index in [2.05, 4.69) is 10.6 Å². The van der Waals surface area contributed by atoms with Crippen molar-refractivity contribution >= 4 is 17.5 Å². The van der Waals surface area contributed by atoms with Crippen LogP contribution < -0.4 is 20.1 Å². The molecule has 8 heteroatoms. The lowest BCUT2D eigenvalue weighted by atomic mass is 9.54. The van der Waals surface area contributed by atoms with E-state index < -0.39 is 0 Å². The van der Waals surface area contributed by atoms with Crippen LogP contribution in [0.25, 0.3) is 16.9 Å². The summed E-state index contributed by atoms with van der Waals surface area (Å²) in [7, 11) is 3.23. The molecule has 0 spiro atoms. The van der Waals surface area contributed by atoms with E-state index in [1.165, 1.54) is 32.1 Å². The SMILES string of the molecule is COc1cc(OC)cc(-n2nc(C(=O)NCCNC3[C@H]4C[C@@H]5C[C@@H](C[C@H]3C5)C4)c(C)c2-c2ccc(Cl)cc2)c1. The minimum atomic E-state index is -0.178. The summed E-state index contributed by atoms with van der Waals surface area (Å²) >= 11 is 6.17. The summed E-state index contributed by atoms with van der Waals surface area (Å²) < 4.78 is 12.8. The molecule has 4 fully saturated rings. The Kier molecular flexibility index (Phi) is 7.29. The molecule has 4 aliphatic rings. The number of ether oxygens (including phenoxy) is 2. The van der Waals surface area contributed by atoms with Crippen LogP contribution in [0, 0.1) is 30.6 Å². The van der Waals surface area contributed by atoms with Crippen LogP contribution in [-0.4, -0.2) is 49.0 Å². The summed E-state index contributed by atoms with van der Waals surface area (Å²) in [5.74, 6) is 4.66. The second-order valence-corrected chi connectivity index (χ2v) is 11.9. The third kappa shape index (κ3) is 5.14. The van der Waals surface area contributed by atoms with E-state index >= 15 is 0 Å². The monoisotopic (exact) mass is 548 g/mol. The van der Waals surface area contributed by atoms with Gasteiger partial charge in [-0.25, -0.2) is 4.68 Å². The van der Waals surface area contributed by atoms with Gasteiger partial charge in [-0.2, -0.15) is 5.10 Å². The number of halogens is 1. The van der Waals surface area contributed by atoms with Crippen molar-refractivity contribution in [3.8, 4) is 28.4 Å². The number of methoxy groups -OCH3 is 2. The normalized spacial score (nSPS) is 25.1. The second-order valence-electron chi connectivity index (χ2n) is 11.5.